The molecule has 0 saturated carbocycles. The highest BCUT2D eigenvalue weighted by Gasteiger charge is 2.28. The lowest BCUT2D eigenvalue weighted by Crippen LogP contribution is -2.27. The molecule has 4 rings (SSSR count). The highest BCUT2D eigenvalue weighted by atomic mass is 35.5. The summed E-state index contributed by atoms with van der Waals surface area (Å²) in [5, 5.41) is 12.8. The highest BCUT2D eigenvalue weighted by Crippen LogP contribution is 2.47. The van der Waals surface area contributed by atoms with Crippen molar-refractivity contribution in [3.05, 3.63) is 46.1 Å². The summed E-state index contributed by atoms with van der Waals surface area (Å²) in [6.07, 6.45) is 0.505. The number of carbonyl (C=O) groups excluding carboxylic acids is 1. The Labute approximate surface area is 234 Å². The Balaban J connectivity index is 2.04. The van der Waals surface area contributed by atoms with Crippen LogP contribution in [-0.2, 0) is 26.9 Å². The molecule has 0 fully saturated rings. The summed E-state index contributed by atoms with van der Waals surface area (Å²) in [7, 11) is -0.124. The molecule has 0 aliphatic carbocycles. The van der Waals surface area contributed by atoms with Crippen molar-refractivity contribution in [2.24, 2.45) is 0 Å². The van der Waals surface area contributed by atoms with E-state index >= 15 is 8.78 Å². The molecule has 39 heavy (non-hydrogen) atoms. The van der Waals surface area contributed by atoms with Crippen molar-refractivity contribution in [1.29, 1.82) is 5.26 Å². The first-order chi connectivity index (χ1) is 18.4. The van der Waals surface area contributed by atoms with Gasteiger partial charge < -0.3 is 9.47 Å². The van der Waals surface area contributed by atoms with Gasteiger partial charge in [-0.1, -0.05) is 24.6 Å². The van der Waals surface area contributed by atoms with Crippen LogP contribution in [0, 0.1) is 23.0 Å². The fourth-order valence-electron chi connectivity index (χ4n) is 3.97. The minimum atomic E-state index is -1.56. The van der Waals surface area contributed by atoms with Crippen molar-refractivity contribution in [3.8, 4) is 17.2 Å². The average Bonchev–Trinajstić information content (AvgIpc) is 3.24. The zero-order valence-electron chi connectivity index (χ0n) is 21.6. The fraction of sp³-hybridized carbons (Fsp3) is 0.308. The molecular formula is C26H23ClF2N4O4S2. The number of rotatable bonds is 6. The van der Waals surface area contributed by atoms with E-state index in [0.717, 1.165) is 17.4 Å². The van der Waals surface area contributed by atoms with Crippen LogP contribution >= 0.6 is 22.9 Å². The van der Waals surface area contributed by atoms with E-state index in [4.69, 9.17) is 21.1 Å². The third kappa shape index (κ3) is 5.45. The van der Waals surface area contributed by atoms with Crippen LogP contribution in [0.2, 0.25) is 5.02 Å². The molecule has 2 heterocycles. The van der Waals surface area contributed by atoms with Crippen LogP contribution in [-0.4, -0.2) is 38.7 Å². The van der Waals surface area contributed by atoms with E-state index in [9.17, 15) is 14.3 Å². The number of aromatic nitrogens is 2. The maximum atomic E-state index is 16.3. The molecule has 204 valence electrons. The van der Waals surface area contributed by atoms with Gasteiger partial charge in [-0.25, -0.2) is 23.5 Å². The second-order valence-corrected chi connectivity index (χ2v) is 12.3. The number of hydrogen-bond acceptors (Lipinski definition) is 8. The topological polar surface area (TPSA) is 114 Å². The molecule has 0 spiro atoms. The third-order valence-electron chi connectivity index (χ3n) is 5.54. The van der Waals surface area contributed by atoms with Crippen molar-refractivity contribution in [3.63, 3.8) is 0 Å². The summed E-state index contributed by atoms with van der Waals surface area (Å²) in [6.45, 7) is 6.67. The number of hydrogen-bond donors (Lipinski definition) is 1. The second kappa shape index (κ2) is 11.1. The Hall–Kier alpha value is -3.24. The number of nitrogens with one attached hydrogen (secondary N) is 1. The molecule has 2 aromatic heterocycles. The summed E-state index contributed by atoms with van der Waals surface area (Å²) in [5.41, 5.74) is -0.730. The fourth-order valence-corrected chi connectivity index (χ4v) is 6.00. The van der Waals surface area contributed by atoms with Crippen LogP contribution in [0.4, 0.5) is 18.6 Å². The first kappa shape index (κ1) is 28.8. The van der Waals surface area contributed by atoms with E-state index in [0.29, 0.717) is 5.56 Å². The minimum absolute atomic E-state index is 0.00873. The number of thiophene rings is 1. The van der Waals surface area contributed by atoms with Crippen LogP contribution in [0.5, 0.6) is 0 Å². The average molecular weight is 593 g/mol. The van der Waals surface area contributed by atoms with Crippen LogP contribution in [0.3, 0.4) is 0 Å². The Bertz CT molecular complexity index is 1700. The Morgan fingerprint density at radius 3 is 2.64 bits per heavy atom. The van der Waals surface area contributed by atoms with Crippen molar-refractivity contribution < 1.29 is 27.3 Å². The van der Waals surface area contributed by atoms with Gasteiger partial charge >= 0.3 is 6.09 Å². The van der Waals surface area contributed by atoms with Gasteiger partial charge in [-0.2, -0.15) is 5.26 Å². The summed E-state index contributed by atoms with van der Waals surface area (Å²) in [4.78, 5) is 20.8. The van der Waals surface area contributed by atoms with Crippen LogP contribution in [0.1, 0.15) is 38.8 Å². The minimum Gasteiger partial charge on any atom is -0.444 e. The summed E-state index contributed by atoms with van der Waals surface area (Å²) in [6, 6.07) is 4.42. The van der Waals surface area contributed by atoms with Gasteiger partial charge in [0.1, 0.15) is 28.0 Å². The lowest BCUT2D eigenvalue weighted by Gasteiger charge is -2.19. The van der Waals surface area contributed by atoms with Crippen molar-refractivity contribution in [1.82, 2.24) is 9.97 Å². The highest BCUT2D eigenvalue weighted by molar-refractivity contribution is 7.84. The standard InChI is InChI=1S/C26H23ClF2N4O4S2/c1-6-39(35)24-31-10-14-15(11-36-5)19(27)18(20(29)21(14)32-24)12-7-8-16(28)22-17(12)13(9-30)23(38-22)33-25(34)37-26(2,3)4/h7-8,10H,6,11H2,1-5H3,(H,33,34). The number of anilines is 1. The van der Waals surface area contributed by atoms with Gasteiger partial charge in [-0.3, -0.25) is 9.53 Å². The van der Waals surface area contributed by atoms with Gasteiger partial charge in [0.15, 0.2) is 5.82 Å². The zero-order chi connectivity index (χ0) is 28.6. The SMILES string of the molecule is CCS(=O)c1ncc2c(COC)c(Cl)c(-c3ccc(F)c4sc(NC(=O)OC(C)(C)C)c(C#N)c34)c(F)c2n1. The van der Waals surface area contributed by atoms with Gasteiger partial charge in [0, 0.05) is 41.0 Å². The number of amides is 1. The zero-order valence-corrected chi connectivity index (χ0v) is 24.0. The molecule has 0 saturated heterocycles. The van der Waals surface area contributed by atoms with Crippen molar-refractivity contribution >= 4 is 65.8 Å². The summed E-state index contributed by atoms with van der Waals surface area (Å²) < 4.78 is 54.2. The number of nitriles is 1. The van der Waals surface area contributed by atoms with Crippen molar-refractivity contribution in [2.75, 3.05) is 18.2 Å². The molecule has 1 atom stereocenters. The van der Waals surface area contributed by atoms with Crippen LogP contribution < -0.4 is 5.32 Å². The Morgan fingerprint density at radius 1 is 1.31 bits per heavy atom. The lowest BCUT2D eigenvalue weighted by molar-refractivity contribution is 0.0636. The van der Waals surface area contributed by atoms with Crippen LogP contribution in [0.15, 0.2) is 23.5 Å². The predicted octanol–water partition coefficient (Wildman–Crippen LogP) is 6.94. The normalized spacial score (nSPS) is 12.5. The summed E-state index contributed by atoms with van der Waals surface area (Å²) >= 11 is 7.55. The number of nitrogens with zero attached hydrogens (tertiary/aromatic N) is 3. The van der Waals surface area contributed by atoms with Gasteiger partial charge in [-0.15, -0.1) is 11.3 Å². The first-order valence-electron chi connectivity index (χ1n) is 11.6. The molecular weight excluding hydrogens is 570 g/mol. The van der Waals surface area contributed by atoms with E-state index in [1.54, 1.807) is 27.7 Å². The lowest BCUT2D eigenvalue weighted by atomic mass is 9.95. The summed E-state index contributed by atoms with van der Waals surface area (Å²) in [5.74, 6) is -1.31. The molecule has 0 aliphatic heterocycles. The molecule has 0 radical (unpaired) electrons. The molecule has 13 heteroatoms. The number of carbonyl (C=O) groups is 1. The van der Waals surface area contributed by atoms with Crippen LogP contribution in [0.25, 0.3) is 32.1 Å². The number of benzene rings is 2. The van der Waals surface area contributed by atoms with E-state index in [1.807, 2.05) is 6.07 Å². The van der Waals surface area contributed by atoms with E-state index in [1.165, 1.54) is 19.4 Å². The predicted molar refractivity (Wildman–Crippen MR) is 148 cm³/mol. The third-order valence-corrected chi connectivity index (χ3v) is 8.20. The van der Waals surface area contributed by atoms with Crippen molar-refractivity contribution in [2.45, 2.75) is 45.1 Å². The molecule has 2 aromatic carbocycles. The Kier molecular flexibility index (Phi) is 8.18. The monoisotopic (exact) mass is 592 g/mol. The van der Waals surface area contributed by atoms with Gasteiger partial charge in [0.25, 0.3) is 0 Å². The maximum Gasteiger partial charge on any atom is 0.412 e. The molecule has 8 nitrogen and oxygen atoms in total. The maximum absolute atomic E-state index is 16.3. The quantitative estimate of drug-likeness (QED) is 0.241. The Morgan fingerprint density at radius 2 is 2.03 bits per heavy atom. The second-order valence-electron chi connectivity index (χ2n) is 9.31. The molecule has 1 N–H and O–H groups in total. The number of methoxy groups -OCH3 is 1. The van der Waals surface area contributed by atoms with Gasteiger partial charge in [-0.05, 0) is 32.4 Å². The molecule has 1 unspecified atom stereocenters. The molecule has 0 aliphatic rings. The number of ether oxygens (including phenoxy) is 2. The van der Waals surface area contributed by atoms with Gasteiger partial charge in [0.05, 0.1) is 32.7 Å². The van der Waals surface area contributed by atoms with E-state index in [-0.39, 0.29) is 65.2 Å². The van der Waals surface area contributed by atoms with Gasteiger partial charge in [0.2, 0.25) is 5.16 Å². The largest absolute Gasteiger partial charge is 0.444 e. The van der Waals surface area contributed by atoms with E-state index < -0.39 is 34.1 Å². The number of fused-ring (bicyclic) bond motifs is 2. The molecule has 4 aromatic rings. The molecule has 0 bridgehead atoms. The van der Waals surface area contributed by atoms with E-state index in [2.05, 4.69) is 15.3 Å². The number of halogens is 3. The first-order valence-corrected chi connectivity index (χ1v) is 14.1. The molecule has 1 amide bonds. The smallest absolute Gasteiger partial charge is 0.412 e.